The molecule has 0 saturated carbocycles. The zero-order valence-corrected chi connectivity index (χ0v) is 12.2. The first-order valence-corrected chi connectivity index (χ1v) is 6.49. The topological polar surface area (TPSA) is 29.5 Å². The average molecular weight is 261 g/mol. The molecule has 0 amide bonds. The highest BCUT2D eigenvalue weighted by Crippen LogP contribution is 2.07. The molecular weight excluding hydrogens is 238 g/mol. The molecule has 1 rings (SSSR count). The van der Waals surface area contributed by atoms with Crippen LogP contribution < -0.4 is 0 Å². The van der Waals surface area contributed by atoms with Gasteiger partial charge in [-0.15, -0.1) is 0 Å². The predicted octanol–water partition coefficient (Wildman–Crippen LogP) is 2.97. The second-order valence-electron chi connectivity index (χ2n) is 5.60. The molecule has 0 aliphatic heterocycles. The summed E-state index contributed by atoms with van der Waals surface area (Å²) in [5.74, 6) is -0.192. The van der Waals surface area contributed by atoms with Crippen molar-refractivity contribution in [3.63, 3.8) is 0 Å². The zero-order valence-electron chi connectivity index (χ0n) is 12.2. The molecule has 0 radical (unpaired) electrons. The number of carbonyl (C=O) groups is 1. The summed E-state index contributed by atoms with van der Waals surface area (Å²) in [7, 11) is 1.90. The fourth-order valence-electron chi connectivity index (χ4n) is 1.59. The van der Waals surface area contributed by atoms with E-state index in [1.54, 1.807) is 0 Å². The van der Waals surface area contributed by atoms with Gasteiger partial charge in [-0.1, -0.05) is 42.5 Å². The van der Waals surface area contributed by atoms with Gasteiger partial charge < -0.3 is 4.74 Å². The fraction of sp³-hybridized carbons (Fsp3) is 0.438. The van der Waals surface area contributed by atoms with Crippen LogP contribution in [-0.4, -0.2) is 36.6 Å². The maximum Gasteiger partial charge on any atom is 0.320 e. The molecule has 0 heterocycles. The summed E-state index contributed by atoms with van der Waals surface area (Å²) in [5.41, 5.74) is 0.741. The zero-order chi connectivity index (χ0) is 14.3. The van der Waals surface area contributed by atoms with E-state index in [9.17, 15) is 4.79 Å². The van der Waals surface area contributed by atoms with Crippen molar-refractivity contribution in [1.82, 2.24) is 4.90 Å². The molecule has 3 heteroatoms. The Morgan fingerprint density at radius 3 is 2.47 bits per heavy atom. The van der Waals surface area contributed by atoms with Crippen LogP contribution >= 0.6 is 0 Å². The summed E-state index contributed by atoms with van der Waals surface area (Å²) in [5, 5.41) is 0. The lowest BCUT2D eigenvalue weighted by atomic mass is 10.2. The minimum absolute atomic E-state index is 0.192. The molecule has 0 aliphatic rings. The van der Waals surface area contributed by atoms with E-state index in [1.165, 1.54) is 0 Å². The average Bonchev–Trinajstić information content (AvgIpc) is 2.27. The molecule has 0 saturated heterocycles. The van der Waals surface area contributed by atoms with Crippen molar-refractivity contribution < 1.29 is 9.53 Å². The molecule has 1 aromatic rings. The van der Waals surface area contributed by atoms with Crippen molar-refractivity contribution in [1.29, 1.82) is 0 Å². The molecule has 0 atom stereocenters. The number of rotatable bonds is 5. The molecule has 0 bridgehead atoms. The normalized spacial score (nSPS) is 12.1. The Labute approximate surface area is 115 Å². The van der Waals surface area contributed by atoms with Gasteiger partial charge in [0.15, 0.2) is 0 Å². The van der Waals surface area contributed by atoms with Crippen LogP contribution in [0.2, 0.25) is 0 Å². The lowest BCUT2D eigenvalue weighted by Gasteiger charge is -2.21. The Kier molecular flexibility index (Phi) is 5.77. The van der Waals surface area contributed by atoms with Gasteiger partial charge in [0.1, 0.15) is 5.60 Å². The third-order valence-corrected chi connectivity index (χ3v) is 2.35. The molecule has 19 heavy (non-hydrogen) atoms. The smallest absolute Gasteiger partial charge is 0.320 e. The van der Waals surface area contributed by atoms with Crippen LogP contribution in [0.15, 0.2) is 36.4 Å². The number of nitrogens with zero attached hydrogens (tertiary/aromatic N) is 1. The van der Waals surface area contributed by atoms with Gasteiger partial charge in [-0.2, -0.15) is 0 Å². The largest absolute Gasteiger partial charge is 0.459 e. The Morgan fingerprint density at radius 2 is 1.89 bits per heavy atom. The van der Waals surface area contributed by atoms with E-state index in [1.807, 2.05) is 75.2 Å². The molecule has 0 aromatic heterocycles. The molecule has 104 valence electrons. The number of hydrogen-bond acceptors (Lipinski definition) is 3. The van der Waals surface area contributed by atoms with E-state index in [4.69, 9.17) is 4.74 Å². The van der Waals surface area contributed by atoms with Crippen LogP contribution in [0.3, 0.4) is 0 Å². The highest BCUT2D eigenvalue weighted by Gasteiger charge is 2.16. The minimum atomic E-state index is -0.419. The van der Waals surface area contributed by atoms with Gasteiger partial charge in [0.25, 0.3) is 0 Å². The number of esters is 1. The summed E-state index contributed by atoms with van der Waals surface area (Å²) >= 11 is 0. The van der Waals surface area contributed by atoms with Crippen molar-refractivity contribution in [2.24, 2.45) is 0 Å². The molecule has 0 aliphatic carbocycles. The third-order valence-electron chi connectivity index (χ3n) is 2.35. The predicted molar refractivity (Wildman–Crippen MR) is 78.8 cm³/mol. The Morgan fingerprint density at radius 1 is 1.26 bits per heavy atom. The quantitative estimate of drug-likeness (QED) is 0.763. The van der Waals surface area contributed by atoms with Crippen LogP contribution in [0.5, 0.6) is 0 Å². The Balaban J connectivity index is 2.34. The standard InChI is InChI=1S/C16H23NO2/c1-16(2,3)19-15(18)13-17(4)12-8-11-14-9-6-5-7-10-14/h5-11H,12-13H2,1-4H3/b11-8+. The Hall–Kier alpha value is -1.61. The molecule has 3 nitrogen and oxygen atoms in total. The van der Waals surface area contributed by atoms with Gasteiger partial charge in [-0.05, 0) is 33.4 Å². The summed E-state index contributed by atoms with van der Waals surface area (Å²) in [6.45, 7) is 6.64. The summed E-state index contributed by atoms with van der Waals surface area (Å²) in [4.78, 5) is 13.5. The summed E-state index contributed by atoms with van der Waals surface area (Å²) < 4.78 is 5.27. The lowest BCUT2D eigenvalue weighted by molar-refractivity contribution is -0.155. The first-order chi connectivity index (χ1) is 8.87. The van der Waals surface area contributed by atoms with Crippen molar-refractivity contribution in [3.8, 4) is 0 Å². The number of hydrogen-bond donors (Lipinski definition) is 0. The summed E-state index contributed by atoms with van der Waals surface area (Å²) in [6, 6.07) is 10.1. The van der Waals surface area contributed by atoms with Gasteiger partial charge in [0.2, 0.25) is 0 Å². The molecule has 0 N–H and O–H groups in total. The lowest BCUT2D eigenvalue weighted by Crippen LogP contribution is -2.32. The van der Waals surface area contributed by atoms with Crippen molar-refractivity contribution in [2.75, 3.05) is 20.1 Å². The van der Waals surface area contributed by atoms with E-state index in [-0.39, 0.29) is 5.97 Å². The SMILES string of the molecule is CN(C/C=C/c1ccccc1)CC(=O)OC(C)(C)C. The van der Waals surface area contributed by atoms with Crippen LogP contribution in [0.25, 0.3) is 6.08 Å². The molecule has 0 spiro atoms. The van der Waals surface area contributed by atoms with Crippen LogP contribution in [0.4, 0.5) is 0 Å². The van der Waals surface area contributed by atoms with E-state index < -0.39 is 5.60 Å². The second-order valence-corrected chi connectivity index (χ2v) is 5.60. The van der Waals surface area contributed by atoms with Crippen molar-refractivity contribution in [2.45, 2.75) is 26.4 Å². The van der Waals surface area contributed by atoms with E-state index in [2.05, 4.69) is 0 Å². The maximum absolute atomic E-state index is 11.6. The first-order valence-electron chi connectivity index (χ1n) is 6.49. The third kappa shape index (κ3) is 7.42. The van der Waals surface area contributed by atoms with Gasteiger partial charge in [-0.25, -0.2) is 0 Å². The van der Waals surface area contributed by atoms with Gasteiger partial charge in [0, 0.05) is 6.54 Å². The molecule has 0 fully saturated rings. The first kappa shape index (κ1) is 15.4. The van der Waals surface area contributed by atoms with E-state index >= 15 is 0 Å². The number of benzene rings is 1. The van der Waals surface area contributed by atoms with E-state index in [0.29, 0.717) is 13.1 Å². The van der Waals surface area contributed by atoms with Gasteiger partial charge in [0.05, 0.1) is 6.54 Å². The number of likely N-dealkylation sites (N-methyl/N-ethyl adjacent to an activating group) is 1. The van der Waals surface area contributed by atoms with E-state index in [0.717, 1.165) is 5.56 Å². The fourth-order valence-corrected chi connectivity index (χ4v) is 1.59. The summed E-state index contributed by atoms with van der Waals surface area (Å²) in [6.07, 6.45) is 4.09. The maximum atomic E-state index is 11.6. The van der Waals surface area contributed by atoms with Crippen molar-refractivity contribution in [3.05, 3.63) is 42.0 Å². The number of carbonyl (C=O) groups excluding carboxylic acids is 1. The van der Waals surface area contributed by atoms with Crippen LogP contribution in [-0.2, 0) is 9.53 Å². The Bertz CT molecular complexity index is 418. The van der Waals surface area contributed by atoms with Gasteiger partial charge in [-0.3, -0.25) is 9.69 Å². The second kappa shape index (κ2) is 7.10. The minimum Gasteiger partial charge on any atom is -0.459 e. The molecular formula is C16H23NO2. The van der Waals surface area contributed by atoms with Crippen LogP contribution in [0, 0.1) is 0 Å². The molecule has 1 aromatic carbocycles. The number of ether oxygens (including phenoxy) is 1. The van der Waals surface area contributed by atoms with Crippen LogP contribution in [0.1, 0.15) is 26.3 Å². The highest BCUT2D eigenvalue weighted by atomic mass is 16.6. The van der Waals surface area contributed by atoms with Crippen molar-refractivity contribution >= 4 is 12.0 Å². The monoisotopic (exact) mass is 261 g/mol. The van der Waals surface area contributed by atoms with Gasteiger partial charge >= 0.3 is 5.97 Å². The molecule has 0 unspecified atom stereocenters. The highest BCUT2D eigenvalue weighted by molar-refractivity contribution is 5.72.